The molecule has 0 fully saturated rings. The fraction of sp³-hybridized carbons (Fsp3) is 0.250. The Balaban J connectivity index is 2.28. The Hall–Kier alpha value is -2.01. The van der Waals surface area contributed by atoms with Gasteiger partial charge in [-0.2, -0.15) is 5.10 Å². The number of hydrogen-bond donors (Lipinski definition) is 2. The average molecular weight is 229 g/mol. The van der Waals surface area contributed by atoms with Crippen molar-refractivity contribution in [2.75, 3.05) is 5.32 Å². The fourth-order valence-electron chi connectivity index (χ4n) is 1.45. The van der Waals surface area contributed by atoms with Gasteiger partial charge >= 0.3 is 0 Å². The fourth-order valence-corrected chi connectivity index (χ4v) is 1.45. The number of benzene rings is 1. The molecule has 0 aliphatic carbocycles. The van der Waals surface area contributed by atoms with Gasteiger partial charge < -0.3 is 11.1 Å². The van der Waals surface area contributed by atoms with Gasteiger partial charge in [0.2, 0.25) is 5.95 Å². The van der Waals surface area contributed by atoms with Crippen LogP contribution in [0.1, 0.15) is 17.0 Å². The molecule has 5 nitrogen and oxygen atoms in total. The van der Waals surface area contributed by atoms with E-state index in [4.69, 9.17) is 5.73 Å². The van der Waals surface area contributed by atoms with Crippen LogP contribution in [0, 0.1) is 13.8 Å². The number of nitrogens with zero attached hydrogens (tertiary/aromatic N) is 3. The van der Waals surface area contributed by atoms with Gasteiger partial charge in [-0.1, -0.05) is 18.2 Å². The summed E-state index contributed by atoms with van der Waals surface area (Å²) in [6, 6.07) is 7.81. The van der Waals surface area contributed by atoms with E-state index in [1.165, 1.54) is 0 Å². The minimum Gasteiger partial charge on any atom is -0.326 e. The summed E-state index contributed by atoms with van der Waals surface area (Å²) in [5.74, 6) is 0.494. The molecule has 17 heavy (non-hydrogen) atoms. The zero-order valence-electron chi connectivity index (χ0n) is 9.94. The molecule has 0 saturated heterocycles. The Morgan fingerprint density at radius 1 is 1.12 bits per heavy atom. The maximum Gasteiger partial charge on any atom is 0.247 e. The molecule has 88 valence electrons. The zero-order chi connectivity index (χ0) is 12.3. The van der Waals surface area contributed by atoms with Crippen LogP contribution in [0.2, 0.25) is 0 Å². The number of para-hydroxylation sites is 1. The highest BCUT2D eigenvalue weighted by Crippen LogP contribution is 2.17. The smallest absolute Gasteiger partial charge is 0.247 e. The summed E-state index contributed by atoms with van der Waals surface area (Å²) in [7, 11) is 0. The molecule has 0 amide bonds. The number of anilines is 2. The normalized spacial score (nSPS) is 10.3. The first-order chi connectivity index (χ1) is 8.20. The number of aryl methyl sites for hydroxylation is 2. The van der Waals surface area contributed by atoms with E-state index in [9.17, 15) is 0 Å². The molecule has 0 aliphatic heterocycles. The Bertz CT molecular complexity index is 524. The van der Waals surface area contributed by atoms with E-state index in [-0.39, 0.29) is 0 Å². The lowest BCUT2D eigenvalue weighted by atomic mass is 10.2. The van der Waals surface area contributed by atoms with Crippen molar-refractivity contribution in [3.05, 3.63) is 41.2 Å². The number of aromatic nitrogens is 3. The van der Waals surface area contributed by atoms with Gasteiger partial charge in [0.25, 0.3) is 0 Å². The lowest BCUT2D eigenvalue weighted by Gasteiger charge is -2.09. The van der Waals surface area contributed by atoms with Crippen LogP contribution >= 0.6 is 0 Å². The first-order valence-corrected chi connectivity index (χ1v) is 5.43. The van der Waals surface area contributed by atoms with Gasteiger partial charge in [-0.3, -0.25) is 0 Å². The maximum absolute atomic E-state index is 5.66. The third-order valence-corrected chi connectivity index (χ3v) is 2.58. The van der Waals surface area contributed by atoms with Crippen molar-refractivity contribution in [1.82, 2.24) is 15.2 Å². The number of hydrogen-bond acceptors (Lipinski definition) is 5. The standard InChI is InChI=1S/C12H15N5/c1-8-9(2)16-17-12(14-8)15-11-6-4-3-5-10(11)7-13/h3-6H,7,13H2,1-2H3,(H,14,15,17). The highest BCUT2D eigenvalue weighted by molar-refractivity contribution is 5.58. The zero-order valence-corrected chi connectivity index (χ0v) is 9.94. The summed E-state index contributed by atoms with van der Waals surface area (Å²) in [4.78, 5) is 4.32. The van der Waals surface area contributed by atoms with Gasteiger partial charge in [0.15, 0.2) is 0 Å². The highest BCUT2D eigenvalue weighted by Gasteiger charge is 2.04. The van der Waals surface area contributed by atoms with Crippen LogP contribution in [0.15, 0.2) is 24.3 Å². The molecule has 1 aromatic heterocycles. The molecule has 1 heterocycles. The third kappa shape index (κ3) is 2.57. The van der Waals surface area contributed by atoms with Gasteiger partial charge in [-0.15, -0.1) is 5.10 Å². The van der Waals surface area contributed by atoms with Crippen LogP contribution in [-0.2, 0) is 6.54 Å². The van der Waals surface area contributed by atoms with Crippen LogP contribution in [0.25, 0.3) is 0 Å². The van der Waals surface area contributed by atoms with E-state index in [0.29, 0.717) is 12.5 Å². The van der Waals surface area contributed by atoms with Crippen LogP contribution < -0.4 is 11.1 Å². The molecular formula is C12H15N5. The highest BCUT2D eigenvalue weighted by atomic mass is 15.2. The van der Waals surface area contributed by atoms with Crippen molar-refractivity contribution < 1.29 is 0 Å². The SMILES string of the molecule is Cc1nnc(Nc2ccccc2CN)nc1C. The first kappa shape index (κ1) is 11.5. The molecule has 0 unspecified atom stereocenters. The van der Waals surface area contributed by atoms with E-state index in [1.807, 2.05) is 38.1 Å². The number of rotatable bonds is 3. The summed E-state index contributed by atoms with van der Waals surface area (Å²) < 4.78 is 0. The third-order valence-electron chi connectivity index (χ3n) is 2.58. The average Bonchev–Trinajstić information content (AvgIpc) is 2.34. The summed E-state index contributed by atoms with van der Waals surface area (Å²) in [6.07, 6.45) is 0. The summed E-state index contributed by atoms with van der Waals surface area (Å²) in [6.45, 7) is 4.26. The molecule has 3 N–H and O–H groups in total. The van der Waals surface area contributed by atoms with Crippen molar-refractivity contribution in [2.45, 2.75) is 20.4 Å². The van der Waals surface area contributed by atoms with E-state index in [0.717, 1.165) is 22.6 Å². The van der Waals surface area contributed by atoms with E-state index < -0.39 is 0 Å². The topological polar surface area (TPSA) is 76.7 Å². The number of nitrogens with one attached hydrogen (secondary N) is 1. The summed E-state index contributed by atoms with van der Waals surface area (Å²) in [5, 5.41) is 11.1. The largest absolute Gasteiger partial charge is 0.326 e. The lowest BCUT2D eigenvalue weighted by molar-refractivity contribution is 0.903. The number of nitrogens with two attached hydrogens (primary N) is 1. The first-order valence-electron chi connectivity index (χ1n) is 5.43. The second kappa shape index (κ2) is 4.88. The Kier molecular flexibility index (Phi) is 3.30. The second-order valence-corrected chi connectivity index (χ2v) is 3.79. The molecule has 0 spiro atoms. The van der Waals surface area contributed by atoms with Gasteiger partial charge in [-0.25, -0.2) is 4.98 Å². The molecule has 1 aromatic carbocycles. The minimum atomic E-state index is 0.474. The van der Waals surface area contributed by atoms with E-state index >= 15 is 0 Å². The van der Waals surface area contributed by atoms with Crippen molar-refractivity contribution in [3.8, 4) is 0 Å². The monoisotopic (exact) mass is 229 g/mol. The minimum absolute atomic E-state index is 0.474. The lowest BCUT2D eigenvalue weighted by Crippen LogP contribution is -2.06. The van der Waals surface area contributed by atoms with Crippen molar-refractivity contribution in [2.24, 2.45) is 5.73 Å². The Labute approximate surface area is 100 Å². The van der Waals surface area contributed by atoms with Gasteiger partial charge in [0, 0.05) is 12.2 Å². The van der Waals surface area contributed by atoms with E-state index in [1.54, 1.807) is 0 Å². The molecule has 0 aliphatic rings. The molecule has 2 rings (SSSR count). The van der Waals surface area contributed by atoms with Gasteiger partial charge in [-0.05, 0) is 25.5 Å². The van der Waals surface area contributed by atoms with Crippen molar-refractivity contribution >= 4 is 11.6 Å². The maximum atomic E-state index is 5.66. The summed E-state index contributed by atoms with van der Waals surface area (Å²) in [5.41, 5.74) is 9.31. The molecule has 2 aromatic rings. The van der Waals surface area contributed by atoms with Crippen LogP contribution in [0.3, 0.4) is 0 Å². The van der Waals surface area contributed by atoms with Gasteiger partial charge in [0.05, 0.1) is 11.4 Å². The molecular weight excluding hydrogens is 214 g/mol. The molecule has 5 heteroatoms. The quantitative estimate of drug-likeness (QED) is 0.837. The molecule has 0 saturated carbocycles. The van der Waals surface area contributed by atoms with Crippen LogP contribution in [0.5, 0.6) is 0 Å². The van der Waals surface area contributed by atoms with E-state index in [2.05, 4.69) is 20.5 Å². The van der Waals surface area contributed by atoms with Crippen molar-refractivity contribution in [1.29, 1.82) is 0 Å². The second-order valence-electron chi connectivity index (χ2n) is 3.79. The van der Waals surface area contributed by atoms with Crippen LogP contribution in [0.4, 0.5) is 11.6 Å². The summed E-state index contributed by atoms with van der Waals surface area (Å²) >= 11 is 0. The molecule has 0 radical (unpaired) electrons. The Morgan fingerprint density at radius 3 is 2.59 bits per heavy atom. The molecule has 0 bridgehead atoms. The Morgan fingerprint density at radius 2 is 1.88 bits per heavy atom. The predicted molar refractivity (Wildman–Crippen MR) is 66.9 cm³/mol. The van der Waals surface area contributed by atoms with Crippen LogP contribution in [-0.4, -0.2) is 15.2 Å². The van der Waals surface area contributed by atoms with Crippen molar-refractivity contribution in [3.63, 3.8) is 0 Å². The predicted octanol–water partition coefficient (Wildman–Crippen LogP) is 1.69. The van der Waals surface area contributed by atoms with Gasteiger partial charge in [0.1, 0.15) is 0 Å². The molecule has 0 atom stereocenters.